The van der Waals surface area contributed by atoms with Gasteiger partial charge >= 0.3 is 5.97 Å². The number of hydrogen-bond donors (Lipinski definition) is 1. The minimum Gasteiger partial charge on any atom is -0.491 e. The molecule has 0 aliphatic heterocycles. The second-order valence-corrected chi connectivity index (χ2v) is 5.43. The predicted octanol–water partition coefficient (Wildman–Crippen LogP) is 3.09. The highest BCUT2D eigenvalue weighted by atomic mass is 35.5. The molecule has 0 aliphatic carbocycles. The van der Waals surface area contributed by atoms with Crippen molar-refractivity contribution in [1.82, 2.24) is 0 Å². The highest BCUT2D eigenvalue weighted by molar-refractivity contribution is 5.85. The van der Waals surface area contributed by atoms with E-state index in [1.165, 1.54) is 7.11 Å². The second-order valence-electron chi connectivity index (χ2n) is 5.43. The van der Waals surface area contributed by atoms with Gasteiger partial charge in [0.2, 0.25) is 0 Å². The zero-order valence-corrected chi connectivity index (χ0v) is 13.5. The average molecular weight is 302 g/mol. The van der Waals surface area contributed by atoms with Crippen molar-refractivity contribution >= 4 is 18.4 Å². The van der Waals surface area contributed by atoms with Crippen LogP contribution in [-0.2, 0) is 9.53 Å². The molecular weight excluding hydrogens is 278 g/mol. The maximum Gasteiger partial charge on any atom is 0.313 e. The van der Waals surface area contributed by atoms with Crippen LogP contribution in [0.1, 0.15) is 39.3 Å². The summed E-state index contributed by atoms with van der Waals surface area (Å²) in [5.41, 5.74) is 6.27. The van der Waals surface area contributed by atoms with Crippen LogP contribution >= 0.6 is 12.4 Å². The number of nitrogens with two attached hydrogens (primary N) is 1. The molecule has 0 aliphatic rings. The molecule has 0 radical (unpaired) electrons. The van der Waals surface area contributed by atoms with Crippen molar-refractivity contribution in [3.05, 3.63) is 29.8 Å². The van der Waals surface area contributed by atoms with E-state index in [4.69, 9.17) is 15.2 Å². The van der Waals surface area contributed by atoms with Crippen molar-refractivity contribution in [3.8, 4) is 5.75 Å². The molecule has 5 heteroatoms. The third kappa shape index (κ3) is 4.39. The van der Waals surface area contributed by atoms with Crippen molar-refractivity contribution in [2.24, 2.45) is 11.1 Å². The summed E-state index contributed by atoms with van der Waals surface area (Å²) >= 11 is 0. The van der Waals surface area contributed by atoms with Gasteiger partial charge in [-0.1, -0.05) is 12.1 Å². The Bertz CT molecular complexity index is 429. The van der Waals surface area contributed by atoms with Gasteiger partial charge in [0.15, 0.2) is 0 Å². The summed E-state index contributed by atoms with van der Waals surface area (Å²) in [6, 6.07) is 7.07. The molecule has 0 aromatic heterocycles. The minimum absolute atomic E-state index is 0. The Labute approximate surface area is 127 Å². The van der Waals surface area contributed by atoms with Crippen molar-refractivity contribution in [1.29, 1.82) is 0 Å². The van der Waals surface area contributed by atoms with Gasteiger partial charge in [0, 0.05) is 6.04 Å². The summed E-state index contributed by atoms with van der Waals surface area (Å²) in [6.07, 6.45) is 0.131. The molecule has 0 saturated heterocycles. The quantitative estimate of drug-likeness (QED) is 0.849. The number of hydrogen-bond acceptors (Lipinski definition) is 4. The van der Waals surface area contributed by atoms with Crippen LogP contribution < -0.4 is 10.5 Å². The predicted molar refractivity (Wildman–Crippen MR) is 82.2 cm³/mol. The van der Waals surface area contributed by atoms with Crippen molar-refractivity contribution in [2.45, 2.75) is 39.8 Å². The Morgan fingerprint density at radius 1 is 1.20 bits per heavy atom. The van der Waals surface area contributed by atoms with Crippen LogP contribution in [0.3, 0.4) is 0 Å². The van der Waals surface area contributed by atoms with Gasteiger partial charge in [0.1, 0.15) is 5.75 Å². The second kappa shape index (κ2) is 7.50. The molecule has 114 valence electrons. The summed E-state index contributed by atoms with van der Waals surface area (Å²) in [5, 5.41) is 0. The molecule has 4 nitrogen and oxygen atoms in total. The molecule has 0 fully saturated rings. The minimum atomic E-state index is -0.769. The number of benzene rings is 1. The van der Waals surface area contributed by atoms with E-state index in [9.17, 15) is 4.79 Å². The normalized spacial score (nSPS) is 12.6. The molecule has 2 N–H and O–H groups in total. The van der Waals surface area contributed by atoms with Crippen LogP contribution in [0.5, 0.6) is 5.75 Å². The number of carbonyl (C=O) groups excluding carboxylic acids is 1. The van der Waals surface area contributed by atoms with Crippen LogP contribution in [0.2, 0.25) is 0 Å². The van der Waals surface area contributed by atoms with E-state index in [0.717, 1.165) is 11.3 Å². The molecule has 0 heterocycles. The standard InChI is InChI=1S/C15H23NO3.ClH/c1-10(2)19-12-8-6-11(7-9-12)13(16)15(3,4)14(17)18-5;/h6-10,13H,16H2,1-5H3;1H/t13-;/m1./s1. The number of carbonyl (C=O) groups is 1. The number of ether oxygens (including phenoxy) is 2. The van der Waals surface area contributed by atoms with E-state index in [1.807, 2.05) is 38.1 Å². The Morgan fingerprint density at radius 3 is 2.10 bits per heavy atom. The summed E-state index contributed by atoms with van der Waals surface area (Å²) < 4.78 is 10.4. The molecule has 1 rings (SSSR count). The lowest BCUT2D eigenvalue weighted by Gasteiger charge is -2.29. The SMILES string of the molecule is COC(=O)C(C)(C)[C@H](N)c1ccc(OC(C)C)cc1.Cl. The van der Waals surface area contributed by atoms with Gasteiger partial charge in [-0.3, -0.25) is 4.79 Å². The molecule has 20 heavy (non-hydrogen) atoms. The van der Waals surface area contributed by atoms with Gasteiger partial charge < -0.3 is 15.2 Å². The van der Waals surface area contributed by atoms with Gasteiger partial charge in [0.05, 0.1) is 18.6 Å². The fourth-order valence-electron chi connectivity index (χ4n) is 1.83. The van der Waals surface area contributed by atoms with E-state index in [0.29, 0.717) is 0 Å². The summed E-state index contributed by atoms with van der Waals surface area (Å²) in [6.45, 7) is 7.50. The molecule has 1 aromatic rings. The first kappa shape index (κ1) is 18.7. The summed E-state index contributed by atoms with van der Waals surface area (Å²) in [5.74, 6) is 0.476. The van der Waals surface area contributed by atoms with E-state index in [-0.39, 0.29) is 24.5 Å². The first-order chi connectivity index (χ1) is 8.78. The van der Waals surface area contributed by atoms with Crippen LogP contribution in [0.15, 0.2) is 24.3 Å². The van der Waals surface area contributed by atoms with Crippen LogP contribution in [0.4, 0.5) is 0 Å². The van der Waals surface area contributed by atoms with E-state index in [2.05, 4.69) is 0 Å². The zero-order valence-electron chi connectivity index (χ0n) is 12.7. The largest absolute Gasteiger partial charge is 0.491 e. The molecule has 0 spiro atoms. The van der Waals surface area contributed by atoms with Gasteiger partial charge in [-0.15, -0.1) is 12.4 Å². The molecule has 0 amide bonds. The van der Waals surface area contributed by atoms with Crippen LogP contribution in [0.25, 0.3) is 0 Å². The van der Waals surface area contributed by atoms with Gasteiger partial charge in [0.25, 0.3) is 0 Å². The lowest BCUT2D eigenvalue weighted by atomic mass is 9.81. The first-order valence-electron chi connectivity index (χ1n) is 6.39. The summed E-state index contributed by atoms with van der Waals surface area (Å²) in [7, 11) is 1.37. The van der Waals surface area contributed by atoms with Crippen molar-refractivity contribution in [3.63, 3.8) is 0 Å². The van der Waals surface area contributed by atoms with Crippen LogP contribution in [0, 0.1) is 5.41 Å². The first-order valence-corrected chi connectivity index (χ1v) is 6.39. The van der Waals surface area contributed by atoms with Crippen molar-refractivity contribution in [2.75, 3.05) is 7.11 Å². The van der Waals surface area contributed by atoms with Gasteiger partial charge in [-0.05, 0) is 45.4 Å². The highest BCUT2D eigenvalue weighted by Gasteiger charge is 2.36. The maximum absolute atomic E-state index is 11.7. The molecule has 0 unspecified atom stereocenters. The fourth-order valence-corrected chi connectivity index (χ4v) is 1.83. The maximum atomic E-state index is 11.7. The molecular formula is C15H24ClNO3. The topological polar surface area (TPSA) is 61.5 Å². The number of methoxy groups -OCH3 is 1. The Morgan fingerprint density at radius 2 is 1.70 bits per heavy atom. The van der Waals surface area contributed by atoms with E-state index >= 15 is 0 Å². The molecule has 1 aromatic carbocycles. The van der Waals surface area contributed by atoms with Crippen LogP contribution in [-0.4, -0.2) is 19.2 Å². The Kier molecular flexibility index (Phi) is 7.03. The van der Waals surface area contributed by atoms with E-state index in [1.54, 1.807) is 13.8 Å². The zero-order chi connectivity index (χ0) is 14.6. The third-order valence-electron chi connectivity index (χ3n) is 3.10. The fraction of sp³-hybridized carbons (Fsp3) is 0.533. The monoisotopic (exact) mass is 301 g/mol. The molecule has 0 saturated carbocycles. The number of rotatable bonds is 5. The lowest BCUT2D eigenvalue weighted by Crippen LogP contribution is -2.37. The average Bonchev–Trinajstić information content (AvgIpc) is 2.37. The third-order valence-corrected chi connectivity index (χ3v) is 3.10. The van der Waals surface area contributed by atoms with Gasteiger partial charge in [-0.25, -0.2) is 0 Å². The Hall–Kier alpha value is -1.26. The lowest BCUT2D eigenvalue weighted by molar-refractivity contribution is -0.152. The molecule has 0 bridgehead atoms. The smallest absolute Gasteiger partial charge is 0.313 e. The highest BCUT2D eigenvalue weighted by Crippen LogP contribution is 2.33. The number of halogens is 1. The van der Waals surface area contributed by atoms with Crippen molar-refractivity contribution < 1.29 is 14.3 Å². The Balaban J connectivity index is 0.00000361. The molecule has 1 atom stereocenters. The summed E-state index contributed by atoms with van der Waals surface area (Å²) in [4.78, 5) is 11.7. The van der Waals surface area contributed by atoms with E-state index < -0.39 is 11.5 Å². The van der Waals surface area contributed by atoms with Gasteiger partial charge in [-0.2, -0.15) is 0 Å². The number of esters is 1.